The highest BCUT2D eigenvalue weighted by Gasteiger charge is 2.31. The van der Waals surface area contributed by atoms with Gasteiger partial charge in [-0.05, 0) is 45.2 Å². The normalized spacial score (nSPS) is 16.0. The molecule has 0 aliphatic carbocycles. The number of rotatable bonds is 7. The van der Waals surface area contributed by atoms with Crippen LogP contribution in [0.1, 0.15) is 43.3 Å². The van der Waals surface area contributed by atoms with Crippen LogP contribution in [0.15, 0.2) is 36.4 Å². The second kappa shape index (κ2) is 11.4. The second-order valence-electron chi connectivity index (χ2n) is 9.18. The average Bonchev–Trinajstić information content (AvgIpc) is 3.25. The first kappa shape index (κ1) is 25.6. The molecule has 3 rings (SSSR count). The highest BCUT2D eigenvalue weighted by Crippen LogP contribution is 2.37. The van der Waals surface area contributed by atoms with E-state index in [0.717, 1.165) is 16.9 Å². The van der Waals surface area contributed by atoms with Gasteiger partial charge < -0.3 is 25.0 Å². The van der Waals surface area contributed by atoms with Gasteiger partial charge in [-0.2, -0.15) is 0 Å². The number of ether oxygens (including phenoxy) is 2. The largest absolute Gasteiger partial charge is 0.495 e. The highest BCUT2D eigenvalue weighted by molar-refractivity contribution is 7.17. The number of carbonyl (C=O) groups is 3. The third kappa shape index (κ3) is 6.96. The van der Waals surface area contributed by atoms with Crippen molar-refractivity contribution in [2.45, 2.75) is 39.2 Å². The third-order valence-corrected chi connectivity index (χ3v) is 6.50. The molecule has 1 atom stereocenters. The fourth-order valence-electron chi connectivity index (χ4n) is 3.75. The number of carbonyl (C=O) groups excluding carboxylic acids is 3. The van der Waals surface area contributed by atoms with Gasteiger partial charge in [-0.15, -0.1) is 11.3 Å². The Bertz CT molecular complexity index is 1000. The Labute approximate surface area is 204 Å². The minimum Gasteiger partial charge on any atom is -0.495 e. The third-order valence-electron chi connectivity index (χ3n) is 5.34. The van der Waals surface area contributed by atoms with E-state index in [0.29, 0.717) is 36.7 Å². The molecule has 0 bridgehead atoms. The van der Waals surface area contributed by atoms with Crippen molar-refractivity contribution in [1.29, 1.82) is 0 Å². The minimum absolute atomic E-state index is 0.117. The first-order valence-corrected chi connectivity index (χ1v) is 12.3. The number of hydrogen-bond acceptors (Lipinski definition) is 6. The van der Waals surface area contributed by atoms with Crippen molar-refractivity contribution < 1.29 is 23.9 Å². The maximum Gasteiger partial charge on any atom is 0.407 e. The van der Waals surface area contributed by atoms with E-state index in [4.69, 9.17) is 9.47 Å². The van der Waals surface area contributed by atoms with E-state index in [1.165, 1.54) is 11.3 Å². The zero-order valence-electron chi connectivity index (χ0n) is 20.2. The monoisotopic (exact) mass is 487 g/mol. The Balaban J connectivity index is 1.55. The first-order valence-electron chi connectivity index (χ1n) is 11.4. The van der Waals surface area contributed by atoms with E-state index in [2.05, 4.69) is 10.6 Å². The van der Waals surface area contributed by atoms with E-state index in [9.17, 15) is 14.4 Å². The fourth-order valence-corrected chi connectivity index (χ4v) is 4.85. The van der Waals surface area contributed by atoms with Crippen molar-refractivity contribution in [2.75, 3.05) is 33.3 Å². The van der Waals surface area contributed by atoms with Crippen LogP contribution in [-0.2, 0) is 9.53 Å². The van der Waals surface area contributed by atoms with Crippen molar-refractivity contribution in [3.8, 4) is 16.2 Å². The summed E-state index contributed by atoms with van der Waals surface area (Å²) in [6.07, 6.45) is 0.946. The van der Waals surface area contributed by atoms with Crippen molar-refractivity contribution in [3.05, 3.63) is 41.3 Å². The lowest BCUT2D eigenvalue weighted by Crippen LogP contribution is -2.46. The second-order valence-corrected chi connectivity index (χ2v) is 10.2. The van der Waals surface area contributed by atoms with E-state index in [-0.39, 0.29) is 24.3 Å². The quantitative estimate of drug-likeness (QED) is 0.577. The number of thiophene rings is 1. The number of amides is 3. The van der Waals surface area contributed by atoms with Gasteiger partial charge in [0.05, 0.1) is 13.0 Å². The fraction of sp³-hybridized carbons (Fsp3) is 0.480. The van der Waals surface area contributed by atoms with Crippen LogP contribution in [-0.4, -0.2) is 61.7 Å². The average molecular weight is 488 g/mol. The van der Waals surface area contributed by atoms with E-state index < -0.39 is 11.7 Å². The van der Waals surface area contributed by atoms with Crippen LogP contribution in [0.25, 0.3) is 10.4 Å². The van der Waals surface area contributed by atoms with Crippen molar-refractivity contribution in [2.24, 2.45) is 5.92 Å². The maximum atomic E-state index is 13.3. The summed E-state index contributed by atoms with van der Waals surface area (Å²) in [7, 11) is 1.56. The number of hydrogen-bond donors (Lipinski definition) is 2. The van der Waals surface area contributed by atoms with E-state index in [1.54, 1.807) is 32.8 Å². The zero-order chi connectivity index (χ0) is 24.7. The first-order chi connectivity index (χ1) is 16.2. The Morgan fingerprint density at radius 3 is 2.50 bits per heavy atom. The summed E-state index contributed by atoms with van der Waals surface area (Å²) in [5, 5.41) is 5.47. The lowest BCUT2D eigenvalue weighted by molar-refractivity contribution is -0.126. The molecule has 1 unspecified atom stereocenters. The van der Waals surface area contributed by atoms with Gasteiger partial charge >= 0.3 is 6.09 Å². The van der Waals surface area contributed by atoms with Crippen LogP contribution in [0.5, 0.6) is 5.75 Å². The molecule has 0 spiro atoms. The molecule has 1 aliphatic heterocycles. The summed E-state index contributed by atoms with van der Waals surface area (Å²) in [5.41, 5.74) is 0.458. The molecule has 8 nitrogen and oxygen atoms in total. The van der Waals surface area contributed by atoms with Gasteiger partial charge in [-0.1, -0.05) is 30.3 Å². The molecule has 2 heterocycles. The van der Waals surface area contributed by atoms with E-state index >= 15 is 0 Å². The van der Waals surface area contributed by atoms with Gasteiger partial charge in [-0.3, -0.25) is 9.59 Å². The van der Waals surface area contributed by atoms with Crippen LogP contribution < -0.4 is 15.4 Å². The predicted octanol–water partition coefficient (Wildman–Crippen LogP) is 3.92. The summed E-state index contributed by atoms with van der Waals surface area (Å²) in [4.78, 5) is 40.9. The van der Waals surface area contributed by atoms with Crippen LogP contribution in [0.4, 0.5) is 4.79 Å². The summed E-state index contributed by atoms with van der Waals surface area (Å²) in [5.74, 6) is 0.0205. The lowest BCUT2D eigenvalue weighted by atomic mass is 9.97. The van der Waals surface area contributed by atoms with Gasteiger partial charge in [0, 0.05) is 31.1 Å². The molecule has 1 aromatic heterocycles. The molecular formula is C25H33N3O5S. The smallest absolute Gasteiger partial charge is 0.407 e. The number of methoxy groups -OCH3 is 1. The van der Waals surface area contributed by atoms with Gasteiger partial charge in [0.1, 0.15) is 16.2 Å². The Morgan fingerprint density at radius 1 is 1.12 bits per heavy atom. The van der Waals surface area contributed by atoms with E-state index in [1.807, 2.05) is 36.4 Å². The van der Waals surface area contributed by atoms with Gasteiger partial charge in [0.2, 0.25) is 5.91 Å². The molecule has 184 valence electrons. The number of benzene rings is 1. The Hall–Kier alpha value is -3.07. The summed E-state index contributed by atoms with van der Waals surface area (Å²) < 4.78 is 10.7. The number of likely N-dealkylation sites (tertiary alicyclic amines) is 1. The molecule has 3 amide bonds. The topological polar surface area (TPSA) is 97.0 Å². The maximum absolute atomic E-state index is 13.3. The van der Waals surface area contributed by atoms with Gasteiger partial charge in [0.25, 0.3) is 5.91 Å². The predicted molar refractivity (Wildman–Crippen MR) is 132 cm³/mol. The van der Waals surface area contributed by atoms with Gasteiger partial charge in [0.15, 0.2) is 0 Å². The summed E-state index contributed by atoms with van der Waals surface area (Å²) >= 11 is 1.40. The molecule has 1 aromatic carbocycles. The minimum atomic E-state index is -0.571. The van der Waals surface area contributed by atoms with Crippen LogP contribution in [0.3, 0.4) is 0 Å². The molecule has 1 aliphatic rings. The summed E-state index contributed by atoms with van der Waals surface area (Å²) in [6, 6.07) is 11.8. The number of nitrogens with one attached hydrogen (secondary N) is 2. The van der Waals surface area contributed by atoms with Crippen molar-refractivity contribution in [3.63, 3.8) is 0 Å². The SMILES string of the molecule is COc1cc(-c2ccccc2)sc1C(=O)N1CCCC(C(=O)NCCNC(=O)OC(C)(C)C)C1. The molecule has 2 aromatic rings. The molecular weight excluding hydrogens is 454 g/mol. The zero-order valence-corrected chi connectivity index (χ0v) is 21.0. The Morgan fingerprint density at radius 2 is 1.82 bits per heavy atom. The number of alkyl carbamates (subject to hydrolysis) is 1. The van der Waals surface area contributed by atoms with Crippen LogP contribution in [0, 0.1) is 5.92 Å². The molecule has 9 heteroatoms. The molecule has 2 N–H and O–H groups in total. The van der Waals surface area contributed by atoms with Crippen molar-refractivity contribution in [1.82, 2.24) is 15.5 Å². The van der Waals surface area contributed by atoms with Crippen LogP contribution >= 0.6 is 11.3 Å². The molecule has 1 fully saturated rings. The number of nitrogens with zero attached hydrogens (tertiary/aromatic N) is 1. The molecule has 34 heavy (non-hydrogen) atoms. The van der Waals surface area contributed by atoms with Crippen LogP contribution in [0.2, 0.25) is 0 Å². The molecule has 1 saturated heterocycles. The van der Waals surface area contributed by atoms with Gasteiger partial charge in [-0.25, -0.2) is 4.79 Å². The van der Waals surface area contributed by atoms with Crippen molar-refractivity contribution >= 4 is 29.2 Å². The molecule has 0 radical (unpaired) electrons. The summed E-state index contributed by atoms with van der Waals surface area (Å²) in [6.45, 7) is 6.89. The number of piperidine rings is 1. The highest BCUT2D eigenvalue weighted by atomic mass is 32.1. The Kier molecular flexibility index (Phi) is 8.55. The standard InChI is InChI=1S/C25H33N3O5S/c1-25(2,3)33-24(31)27-13-12-26-22(29)18-11-8-14-28(16-18)23(30)21-19(32-4)15-20(34-21)17-9-6-5-7-10-17/h5-7,9-10,15,18H,8,11-14,16H2,1-4H3,(H,26,29)(H,27,31). The lowest BCUT2D eigenvalue weighted by Gasteiger charge is -2.32. The molecule has 0 saturated carbocycles.